The maximum absolute atomic E-state index is 6.06. The molecule has 2 nitrogen and oxygen atoms in total. The van der Waals surface area contributed by atoms with E-state index < -0.39 is 0 Å². The highest BCUT2D eigenvalue weighted by Gasteiger charge is 2.18. The molecule has 2 atom stereocenters. The van der Waals surface area contributed by atoms with Gasteiger partial charge in [0.15, 0.2) is 0 Å². The molecule has 0 aliphatic carbocycles. The van der Waals surface area contributed by atoms with Gasteiger partial charge in [-0.25, -0.2) is 0 Å². The van der Waals surface area contributed by atoms with Crippen molar-refractivity contribution in [3.8, 4) is 0 Å². The van der Waals surface area contributed by atoms with Crippen LogP contribution in [-0.4, -0.2) is 19.3 Å². The summed E-state index contributed by atoms with van der Waals surface area (Å²) < 4.78 is 6.06. The van der Waals surface area contributed by atoms with Crippen LogP contribution >= 0.6 is 0 Å². The van der Waals surface area contributed by atoms with Crippen LogP contribution in [0.1, 0.15) is 70.0 Å². The molecule has 2 unspecified atom stereocenters. The van der Waals surface area contributed by atoms with Gasteiger partial charge < -0.3 is 10.1 Å². The normalized spacial score (nSPS) is 14.1. The molecule has 1 N–H and O–H groups in total. The van der Waals surface area contributed by atoms with Gasteiger partial charge in [-0.3, -0.25) is 0 Å². The SMILES string of the molecule is CCCCCCCOC(C)C(NCC)c1ccc(C)cc1. The van der Waals surface area contributed by atoms with Gasteiger partial charge in [0.05, 0.1) is 12.1 Å². The molecular weight excluding hydrogens is 258 g/mol. The van der Waals surface area contributed by atoms with E-state index in [2.05, 4.69) is 57.3 Å². The lowest BCUT2D eigenvalue weighted by Gasteiger charge is -2.25. The molecule has 1 aromatic carbocycles. The van der Waals surface area contributed by atoms with Gasteiger partial charge in [-0.1, -0.05) is 69.4 Å². The molecule has 2 heteroatoms. The average molecular weight is 291 g/mol. The quantitative estimate of drug-likeness (QED) is 0.578. The molecule has 0 saturated carbocycles. The minimum atomic E-state index is 0.207. The number of likely N-dealkylation sites (N-methyl/N-ethyl adjacent to an activating group) is 1. The molecule has 0 aromatic heterocycles. The Morgan fingerprint density at radius 3 is 2.29 bits per heavy atom. The Bertz CT molecular complexity index is 360. The first-order valence-electron chi connectivity index (χ1n) is 8.60. The summed E-state index contributed by atoms with van der Waals surface area (Å²) in [7, 11) is 0. The fourth-order valence-corrected chi connectivity index (χ4v) is 2.62. The lowest BCUT2D eigenvalue weighted by molar-refractivity contribution is 0.0364. The Morgan fingerprint density at radius 1 is 1.00 bits per heavy atom. The second-order valence-corrected chi connectivity index (χ2v) is 5.94. The molecule has 1 rings (SSSR count). The zero-order valence-corrected chi connectivity index (χ0v) is 14.3. The van der Waals surface area contributed by atoms with Crippen molar-refractivity contribution in [1.29, 1.82) is 0 Å². The Hall–Kier alpha value is -0.860. The van der Waals surface area contributed by atoms with E-state index in [4.69, 9.17) is 4.74 Å². The number of unbranched alkanes of at least 4 members (excludes halogenated alkanes) is 4. The molecule has 0 spiro atoms. The maximum Gasteiger partial charge on any atom is 0.0741 e. The van der Waals surface area contributed by atoms with Gasteiger partial charge in [0.2, 0.25) is 0 Å². The fourth-order valence-electron chi connectivity index (χ4n) is 2.62. The third-order valence-corrected chi connectivity index (χ3v) is 3.96. The predicted octanol–water partition coefficient (Wildman–Crippen LogP) is 5.02. The summed E-state index contributed by atoms with van der Waals surface area (Å²) in [5.41, 5.74) is 2.62. The summed E-state index contributed by atoms with van der Waals surface area (Å²) in [4.78, 5) is 0. The minimum absolute atomic E-state index is 0.207. The standard InChI is InChI=1S/C19H33NO/c1-5-7-8-9-10-15-21-17(4)19(20-6-2)18-13-11-16(3)12-14-18/h11-14,17,19-20H,5-10,15H2,1-4H3. The number of benzene rings is 1. The number of nitrogens with one attached hydrogen (secondary N) is 1. The molecular formula is C19H33NO. The average Bonchev–Trinajstić information content (AvgIpc) is 2.49. The number of hydrogen-bond acceptors (Lipinski definition) is 2. The van der Waals surface area contributed by atoms with Gasteiger partial charge in [-0.15, -0.1) is 0 Å². The molecule has 0 heterocycles. The topological polar surface area (TPSA) is 21.3 Å². The summed E-state index contributed by atoms with van der Waals surface area (Å²) >= 11 is 0. The summed E-state index contributed by atoms with van der Waals surface area (Å²) in [5.74, 6) is 0. The van der Waals surface area contributed by atoms with Gasteiger partial charge in [0, 0.05) is 6.61 Å². The second-order valence-electron chi connectivity index (χ2n) is 5.94. The second kappa shape index (κ2) is 10.8. The zero-order valence-electron chi connectivity index (χ0n) is 14.3. The van der Waals surface area contributed by atoms with Crippen molar-refractivity contribution in [3.05, 3.63) is 35.4 Å². The van der Waals surface area contributed by atoms with Crippen molar-refractivity contribution < 1.29 is 4.74 Å². The lowest BCUT2D eigenvalue weighted by Crippen LogP contribution is -2.32. The Balaban J connectivity index is 2.42. The number of rotatable bonds is 11. The first kappa shape index (κ1) is 18.2. The lowest BCUT2D eigenvalue weighted by atomic mass is 10.0. The van der Waals surface area contributed by atoms with Crippen LogP contribution < -0.4 is 5.32 Å². The maximum atomic E-state index is 6.06. The first-order valence-corrected chi connectivity index (χ1v) is 8.60. The van der Waals surface area contributed by atoms with Gasteiger partial charge >= 0.3 is 0 Å². The van der Waals surface area contributed by atoms with Crippen molar-refractivity contribution in [2.24, 2.45) is 0 Å². The van der Waals surface area contributed by atoms with Crippen molar-refractivity contribution in [1.82, 2.24) is 5.32 Å². The molecule has 0 aliphatic heterocycles. The Kier molecular flexibility index (Phi) is 9.36. The molecule has 0 radical (unpaired) electrons. The largest absolute Gasteiger partial charge is 0.377 e. The van der Waals surface area contributed by atoms with Crippen molar-refractivity contribution in [2.45, 2.75) is 71.9 Å². The van der Waals surface area contributed by atoms with E-state index in [0.717, 1.165) is 13.2 Å². The molecule has 0 fully saturated rings. The van der Waals surface area contributed by atoms with Crippen molar-refractivity contribution in [3.63, 3.8) is 0 Å². The summed E-state index contributed by atoms with van der Waals surface area (Å²) in [5, 5.41) is 3.55. The van der Waals surface area contributed by atoms with Crippen LogP contribution in [0.15, 0.2) is 24.3 Å². The summed E-state index contributed by atoms with van der Waals surface area (Å²) in [6, 6.07) is 9.06. The summed E-state index contributed by atoms with van der Waals surface area (Å²) in [6.45, 7) is 10.5. The van der Waals surface area contributed by atoms with Crippen LogP contribution in [0.25, 0.3) is 0 Å². The minimum Gasteiger partial charge on any atom is -0.377 e. The van der Waals surface area contributed by atoms with E-state index >= 15 is 0 Å². The van der Waals surface area contributed by atoms with E-state index in [-0.39, 0.29) is 12.1 Å². The molecule has 0 bridgehead atoms. The zero-order chi connectivity index (χ0) is 15.5. The molecule has 21 heavy (non-hydrogen) atoms. The van der Waals surface area contributed by atoms with E-state index in [9.17, 15) is 0 Å². The molecule has 0 amide bonds. The third-order valence-electron chi connectivity index (χ3n) is 3.96. The molecule has 120 valence electrons. The Morgan fingerprint density at radius 2 is 1.67 bits per heavy atom. The van der Waals surface area contributed by atoms with E-state index in [1.165, 1.54) is 43.2 Å². The highest BCUT2D eigenvalue weighted by Crippen LogP contribution is 2.20. The van der Waals surface area contributed by atoms with E-state index in [1.807, 2.05) is 0 Å². The van der Waals surface area contributed by atoms with E-state index in [1.54, 1.807) is 0 Å². The van der Waals surface area contributed by atoms with Crippen molar-refractivity contribution >= 4 is 0 Å². The van der Waals surface area contributed by atoms with Crippen LogP contribution in [0, 0.1) is 6.92 Å². The Labute approximate surface area is 131 Å². The third kappa shape index (κ3) is 7.10. The number of aryl methyl sites for hydroxylation is 1. The van der Waals surface area contributed by atoms with Crippen molar-refractivity contribution in [2.75, 3.05) is 13.2 Å². The highest BCUT2D eigenvalue weighted by molar-refractivity contribution is 5.24. The highest BCUT2D eigenvalue weighted by atomic mass is 16.5. The fraction of sp³-hybridized carbons (Fsp3) is 0.684. The van der Waals surface area contributed by atoms with Gasteiger partial charge in [-0.2, -0.15) is 0 Å². The number of hydrogen-bond donors (Lipinski definition) is 1. The van der Waals surface area contributed by atoms with Crippen LogP contribution in [0.5, 0.6) is 0 Å². The van der Waals surface area contributed by atoms with Gasteiger partial charge in [0.1, 0.15) is 0 Å². The molecule has 1 aromatic rings. The predicted molar refractivity (Wildman–Crippen MR) is 91.8 cm³/mol. The smallest absolute Gasteiger partial charge is 0.0741 e. The monoisotopic (exact) mass is 291 g/mol. The van der Waals surface area contributed by atoms with Crippen LogP contribution in [-0.2, 0) is 4.74 Å². The van der Waals surface area contributed by atoms with Crippen LogP contribution in [0.2, 0.25) is 0 Å². The first-order chi connectivity index (χ1) is 10.2. The summed E-state index contributed by atoms with van der Waals surface area (Å²) in [6.07, 6.45) is 6.65. The molecule has 0 saturated heterocycles. The van der Waals surface area contributed by atoms with Crippen LogP contribution in [0.3, 0.4) is 0 Å². The molecule has 0 aliphatic rings. The van der Waals surface area contributed by atoms with Crippen LogP contribution in [0.4, 0.5) is 0 Å². The van der Waals surface area contributed by atoms with E-state index in [0.29, 0.717) is 0 Å². The number of ether oxygens (including phenoxy) is 1. The van der Waals surface area contributed by atoms with Gasteiger partial charge in [-0.05, 0) is 32.4 Å². The van der Waals surface area contributed by atoms with Gasteiger partial charge in [0.25, 0.3) is 0 Å².